The molecule has 1 aromatic carbocycles. The third-order valence-corrected chi connectivity index (χ3v) is 4.36. The van der Waals surface area contributed by atoms with E-state index in [9.17, 15) is 9.59 Å². The summed E-state index contributed by atoms with van der Waals surface area (Å²) >= 11 is 0. The second kappa shape index (κ2) is 5.83. The first-order chi connectivity index (χ1) is 10.6. The maximum atomic E-state index is 12.8. The Morgan fingerprint density at radius 1 is 1.23 bits per heavy atom. The lowest BCUT2D eigenvalue weighted by Crippen LogP contribution is -2.38. The first-order valence-corrected chi connectivity index (χ1v) is 7.84. The fourth-order valence-electron chi connectivity index (χ4n) is 3.14. The number of benzene rings is 1. The standard InChI is InChI=1S/C17H21N3O2/c1-2-19-11-12(17(22)20-9-4-3-5-10-20)16(21)15-13(18)7-6-8-14(15)19/h6-8,11H,2-5,9-10,18H2,1H3. The monoisotopic (exact) mass is 299 g/mol. The van der Waals surface area contributed by atoms with Crippen molar-refractivity contribution in [1.29, 1.82) is 0 Å². The zero-order valence-electron chi connectivity index (χ0n) is 12.8. The number of piperidine rings is 1. The summed E-state index contributed by atoms with van der Waals surface area (Å²) in [5, 5.41) is 0.451. The lowest BCUT2D eigenvalue weighted by Gasteiger charge is -2.27. The van der Waals surface area contributed by atoms with E-state index in [-0.39, 0.29) is 16.9 Å². The molecule has 1 saturated heterocycles. The summed E-state index contributed by atoms with van der Waals surface area (Å²) in [6.07, 6.45) is 4.83. The van der Waals surface area contributed by atoms with Gasteiger partial charge in [0.15, 0.2) is 0 Å². The molecule has 0 radical (unpaired) electrons. The number of aryl methyl sites for hydroxylation is 1. The molecular weight excluding hydrogens is 278 g/mol. The maximum Gasteiger partial charge on any atom is 0.259 e. The number of rotatable bonds is 2. The number of nitrogen functional groups attached to an aromatic ring is 1. The molecular formula is C17H21N3O2. The van der Waals surface area contributed by atoms with Crippen LogP contribution in [0, 0.1) is 0 Å². The van der Waals surface area contributed by atoms with Crippen molar-refractivity contribution in [1.82, 2.24) is 9.47 Å². The molecule has 0 aliphatic carbocycles. The quantitative estimate of drug-likeness (QED) is 0.865. The van der Waals surface area contributed by atoms with Gasteiger partial charge in [-0.15, -0.1) is 0 Å². The average molecular weight is 299 g/mol. The van der Waals surface area contributed by atoms with Crippen LogP contribution >= 0.6 is 0 Å². The van der Waals surface area contributed by atoms with Gasteiger partial charge in [-0.1, -0.05) is 6.07 Å². The molecule has 1 aromatic heterocycles. The summed E-state index contributed by atoms with van der Waals surface area (Å²) in [5.41, 5.74) is 7.17. The van der Waals surface area contributed by atoms with Gasteiger partial charge in [0.2, 0.25) is 5.43 Å². The second-order valence-corrected chi connectivity index (χ2v) is 5.75. The predicted octanol–water partition coefficient (Wildman–Crippen LogP) is 2.23. The molecule has 0 bridgehead atoms. The van der Waals surface area contributed by atoms with Crippen molar-refractivity contribution in [3.8, 4) is 0 Å². The lowest BCUT2D eigenvalue weighted by molar-refractivity contribution is 0.0722. The van der Waals surface area contributed by atoms with Crippen LogP contribution in [0.1, 0.15) is 36.5 Å². The molecule has 5 heteroatoms. The summed E-state index contributed by atoms with van der Waals surface area (Å²) in [6.45, 7) is 4.13. The third kappa shape index (κ3) is 2.36. The van der Waals surface area contributed by atoms with Gasteiger partial charge in [-0.25, -0.2) is 0 Å². The summed E-state index contributed by atoms with van der Waals surface area (Å²) < 4.78 is 1.92. The summed E-state index contributed by atoms with van der Waals surface area (Å²) in [4.78, 5) is 27.3. The maximum absolute atomic E-state index is 12.8. The van der Waals surface area contributed by atoms with Crippen LogP contribution in [0.25, 0.3) is 10.9 Å². The lowest BCUT2D eigenvalue weighted by atomic mass is 10.1. The number of hydrogen-bond acceptors (Lipinski definition) is 3. The van der Waals surface area contributed by atoms with Crippen LogP contribution in [0.15, 0.2) is 29.2 Å². The highest BCUT2D eigenvalue weighted by Crippen LogP contribution is 2.20. The summed E-state index contributed by atoms with van der Waals surface area (Å²) in [7, 11) is 0. The molecule has 116 valence electrons. The Morgan fingerprint density at radius 3 is 2.64 bits per heavy atom. The predicted molar refractivity (Wildman–Crippen MR) is 88.0 cm³/mol. The molecule has 5 nitrogen and oxygen atoms in total. The number of aromatic nitrogens is 1. The second-order valence-electron chi connectivity index (χ2n) is 5.75. The Morgan fingerprint density at radius 2 is 1.95 bits per heavy atom. The van der Waals surface area contributed by atoms with Crippen LogP contribution in [-0.4, -0.2) is 28.5 Å². The topological polar surface area (TPSA) is 68.3 Å². The fourth-order valence-corrected chi connectivity index (χ4v) is 3.14. The molecule has 0 atom stereocenters. The van der Waals surface area contributed by atoms with Crippen LogP contribution in [-0.2, 0) is 6.54 Å². The Balaban J connectivity index is 2.17. The van der Waals surface area contributed by atoms with E-state index in [4.69, 9.17) is 5.73 Å². The highest BCUT2D eigenvalue weighted by atomic mass is 16.2. The van der Waals surface area contributed by atoms with Crippen LogP contribution in [0.3, 0.4) is 0 Å². The Bertz CT molecular complexity index is 773. The van der Waals surface area contributed by atoms with Gasteiger partial charge < -0.3 is 15.2 Å². The number of amides is 1. The SMILES string of the molecule is CCn1cc(C(=O)N2CCCCC2)c(=O)c2c(N)cccc21. The van der Waals surface area contributed by atoms with E-state index in [1.165, 1.54) is 0 Å². The number of nitrogens with zero attached hydrogens (tertiary/aromatic N) is 2. The largest absolute Gasteiger partial charge is 0.398 e. The van der Waals surface area contributed by atoms with E-state index >= 15 is 0 Å². The van der Waals surface area contributed by atoms with Gasteiger partial charge in [-0.3, -0.25) is 9.59 Å². The molecule has 2 N–H and O–H groups in total. The summed E-state index contributed by atoms with van der Waals surface area (Å²) in [6, 6.07) is 5.40. The highest BCUT2D eigenvalue weighted by Gasteiger charge is 2.23. The number of pyridine rings is 1. The Labute approximate surface area is 129 Å². The van der Waals surface area contributed by atoms with Crippen LogP contribution < -0.4 is 11.2 Å². The van der Waals surface area contributed by atoms with E-state index in [0.29, 0.717) is 17.6 Å². The molecule has 2 aromatic rings. The fraction of sp³-hybridized carbons (Fsp3) is 0.412. The van der Waals surface area contributed by atoms with Gasteiger partial charge >= 0.3 is 0 Å². The van der Waals surface area contributed by atoms with E-state index in [2.05, 4.69) is 0 Å². The molecule has 1 aliphatic rings. The minimum absolute atomic E-state index is 0.169. The minimum Gasteiger partial charge on any atom is -0.398 e. The van der Waals surface area contributed by atoms with Gasteiger partial charge in [0.05, 0.1) is 10.9 Å². The van der Waals surface area contributed by atoms with Crippen molar-refractivity contribution in [3.05, 3.63) is 40.2 Å². The molecule has 0 spiro atoms. The zero-order chi connectivity index (χ0) is 15.7. The molecule has 3 rings (SSSR count). The first kappa shape index (κ1) is 14.6. The van der Waals surface area contributed by atoms with Gasteiger partial charge in [0.25, 0.3) is 5.91 Å². The van der Waals surface area contributed by atoms with Gasteiger partial charge in [-0.2, -0.15) is 0 Å². The van der Waals surface area contributed by atoms with Gasteiger partial charge in [0.1, 0.15) is 5.56 Å². The van der Waals surface area contributed by atoms with Crippen LogP contribution in [0.2, 0.25) is 0 Å². The van der Waals surface area contributed by atoms with E-state index in [0.717, 1.165) is 37.9 Å². The number of carbonyl (C=O) groups excluding carboxylic acids is 1. The van der Waals surface area contributed by atoms with Crippen molar-refractivity contribution < 1.29 is 4.79 Å². The Kier molecular flexibility index (Phi) is 3.88. The van der Waals surface area contributed by atoms with Crippen molar-refractivity contribution in [2.24, 2.45) is 0 Å². The highest BCUT2D eigenvalue weighted by molar-refractivity contribution is 6.00. The van der Waals surface area contributed by atoms with Gasteiger partial charge in [0, 0.05) is 31.5 Å². The number of anilines is 1. The van der Waals surface area contributed by atoms with Gasteiger partial charge in [-0.05, 0) is 38.3 Å². The van der Waals surface area contributed by atoms with E-state index < -0.39 is 0 Å². The molecule has 1 aliphatic heterocycles. The van der Waals surface area contributed by atoms with Crippen molar-refractivity contribution >= 4 is 22.5 Å². The smallest absolute Gasteiger partial charge is 0.259 e. The molecule has 2 heterocycles. The normalized spacial score (nSPS) is 15.2. The number of hydrogen-bond donors (Lipinski definition) is 1. The third-order valence-electron chi connectivity index (χ3n) is 4.36. The van der Waals surface area contributed by atoms with E-state index in [1.807, 2.05) is 23.6 Å². The zero-order valence-corrected chi connectivity index (χ0v) is 12.8. The van der Waals surface area contributed by atoms with Crippen LogP contribution in [0.4, 0.5) is 5.69 Å². The van der Waals surface area contributed by atoms with Crippen molar-refractivity contribution in [2.75, 3.05) is 18.8 Å². The number of likely N-dealkylation sites (tertiary alicyclic amines) is 1. The number of nitrogens with two attached hydrogens (primary N) is 1. The van der Waals surface area contributed by atoms with Crippen molar-refractivity contribution in [2.45, 2.75) is 32.7 Å². The first-order valence-electron chi connectivity index (χ1n) is 7.84. The minimum atomic E-state index is -0.256. The molecule has 22 heavy (non-hydrogen) atoms. The number of carbonyl (C=O) groups is 1. The Hall–Kier alpha value is -2.30. The summed E-state index contributed by atoms with van der Waals surface area (Å²) in [5.74, 6) is -0.169. The van der Waals surface area contributed by atoms with Crippen LogP contribution in [0.5, 0.6) is 0 Å². The molecule has 1 fully saturated rings. The molecule has 0 unspecified atom stereocenters. The molecule has 1 amide bonds. The molecule has 0 saturated carbocycles. The van der Waals surface area contributed by atoms with E-state index in [1.54, 1.807) is 17.2 Å². The van der Waals surface area contributed by atoms with Crippen molar-refractivity contribution in [3.63, 3.8) is 0 Å². The number of fused-ring (bicyclic) bond motifs is 1. The average Bonchev–Trinajstić information content (AvgIpc) is 2.55.